The first-order valence-corrected chi connectivity index (χ1v) is 4.81. The van der Waals surface area contributed by atoms with Crippen LogP contribution in [0.1, 0.15) is 24.9 Å². The molecule has 0 fully saturated rings. The molecular weight excluding hydrogens is 179 g/mol. The Morgan fingerprint density at radius 1 is 1.50 bits per heavy atom. The van der Waals surface area contributed by atoms with Crippen molar-refractivity contribution in [3.63, 3.8) is 0 Å². The summed E-state index contributed by atoms with van der Waals surface area (Å²) in [5, 5.41) is 3.13. The number of rotatable bonds is 4. The van der Waals surface area contributed by atoms with Gasteiger partial charge in [-0.1, -0.05) is 12.1 Å². The molecule has 3 N–H and O–H groups in total. The molecule has 1 aromatic rings. The van der Waals surface area contributed by atoms with Crippen molar-refractivity contribution in [1.29, 1.82) is 0 Å². The zero-order valence-corrected chi connectivity index (χ0v) is 8.63. The van der Waals surface area contributed by atoms with Crippen LogP contribution in [0.5, 0.6) is 0 Å². The second-order valence-electron chi connectivity index (χ2n) is 3.61. The van der Waals surface area contributed by atoms with E-state index in [0.29, 0.717) is 0 Å². The smallest absolute Gasteiger partial charge is 0.123 e. The van der Waals surface area contributed by atoms with Crippen LogP contribution in [-0.4, -0.2) is 13.1 Å². The summed E-state index contributed by atoms with van der Waals surface area (Å²) in [6.45, 7) is 1.95. The van der Waals surface area contributed by atoms with Gasteiger partial charge in [0.2, 0.25) is 0 Å². The van der Waals surface area contributed by atoms with Gasteiger partial charge in [0.05, 0.1) is 0 Å². The molecule has 1 rings (SSSR count). The Hall–Kier alpha value is -0.930. The molecular formula is C11H17FN2. The highest BCUT2D eigenvalue weighted by molar-refractivity contribution is 5.20. The number of hydrogen-bond donors (Lipinski definition) is 2. The average molecular weight is 196 g/mol. The van der Waals surface area contributed by atoms with Crippen molar-refractivity contribution in [3.8, 4) is 0 Å². The van der Waals surface area contributed by atoms with Crippen molar-refractivity contribution >= 4 is 0 Å². The molecule has 0 heterocycles. The highest BCUT2D eigenvalue weighted by atomic mass is 19.1. The first-order chi connectivity index (χ1) is 6.63. The maximum Gasteiger partial charge on any atom is 0.123 e. The summed E-state index contributed by atoms with van der Waals surface area (Å²) in [4.78, 5) is 0. The molecule has 0 aromatic heterocycles. The summed E-state index contributed by atoms with van der Waals surface area (Å²) < 4.78 is 12.9. The molecule has 0 aliphatic carbocycles. The normalized spacial score (nSPS) is 15.1. The predicted molar refractivity (Wildman–Crippen MR) is 56.5 cm³/mol. The molecule has 0 radical (unpaired) electrons. The summed E-state index contributed by atoms with van der Waals surface area (Å²) >= 11 is 0. The summed E-state index contributed by atoms with van der Waals surface area (Å²) in [5.41, 5.74) is 6.66. The minimum Gasteiger partial charge on any atom is -0.328 e. The lowest BCUT2D eigenvalue weighted by atomic mass is 10.0. The lowest BCUT2D eigenvalue weighted by Crippen LogP contribution is -2.25. The molecule has 2 unspecified atom stereocenters. The Morgan fingerprint density at radius 2 is 2.21 bits per heavy atom. The Bertz CT molecular complexity index is 286. The van der Waals surface area contributed by atoms with Gasteiger partial charge in [0.15, 0.2) is 0 Å². The van der Waals surface area contributed by atoms with Crippen LogP contribution in [0.2, 0.25) is 0 Å². The van der Waals surface area contributed by atoms with Gasteiger partial charge in [-0.05, 0) is 38.1 Å². The van der Waals surface area contributed by atoms with Gasteiger partial charge in [-0.3, -0.25) is 0 Å². The van der Waals surface area contributed by atoms with Gasteiger partial charge in [-0.15, -0.1) is 0 Å². The predicted octanol–water partition coefficient (Wildman–Crippen LogP) is 1.82. The Labute approximate surface area is 84.3 Å². The third-order valence-electron chi connectivity index (χ3n) is 2.21. The van der Waals surface area contributed by atoms with E-state index in [9.17, 15) is 4.39 Å². The molecule has 78 valence electrons. The van der Waals surface area contributed by atoms with Crippen molar-refractivity contribution < 1.29 is 4.39 Å². The van der Waals surface area contributed by atoms with Crippen LogP contribution in [-0.2, 0) is 0 Å². The van der Waals surface area contributed by atoms with Crippen molar-refractivity contribution in [2.75, 3.05) is 7.05 Å². The van der Waals surface area contributed by atoms with E-state index < -0.39 is 0 Å². The van der Waals surface area contributed by atoms with Crippen LogP contribution in [0.4, 0.5) is 4.39 Å². The molecule has 14 heavy (non-hydrogen) atoms. The van der Waals surface area contributed by atoms with E-state index in [1.165, 1.54) is 6.07 Å². The maximum absolute atomic E-state index is 12.9. The zero-order valence-electron chi connectivity index (χ0n) is 8.63. The van der Waals surface area contributed by atoms with E-state index in [0.717, 1.165) is 12.0 Å². The number of benzene rings is 1. The molecule has 0 bridgehead atoms. The third-order valence-corrected chi connectivity index (χ3v) is 2.21. The zero-order chi connectivity index (χ0) is 10.6. The topological polar surface area (TPSA) is 38.0 Å². The lowest BCUT2D eigenvalue weighted by molar-refractivity contribution is 0.496. The number of hydrogen-bond acceptors (Lipinski definition) is 2. The Balaban J connectivity index is 2.78. The molecule has 0 amide bonds. The van der Waals surface area contributed by atoms with Gasteiger partial charge < -0.3 is 11.1 Å². The minimum atomic E-state index is -0.201. The average Bonchev–Trinajstić information content (AvgIpc) is 2.14. The van der Waals surface area contributed by atoms with Gasteiger partial charge in [0.25, 0.3) is 0 Å². The highest BCUT2D eigenvalue weighted by Gasteiger charge is 2.11. The highest BCUT2D eigenvalue weighted by Crippen LogP contribution is 2.18. The number of nitrogens with two attached hydrogens (primary N) is 1. The third kappa shape index (κ3) is 3.09. The SMILES string of the molecule is CNC(CC(C)N)c1cccc(F)c1. The van der Waals surface area contributed by atoms with Gasteiger partial charge >= 0.3 is 0 Å². The number of nitrogens with one attached hydrogen (secondary N) is 1. The van der Waals surface area contributed by atoms with Crippen LogP contribution >= 0.6 is 0 Å². The Kier molecular flexibility index (Phi) is 4.04. The van der Waals surface area contributed by atoms with Crippen LogP contribution in [0, 0.1) is 5.82 Å². The quantitative estimate of drug-likeness (QED) is 0.771. The van der Waals surface area contributed by atoms with Crippen LogP contribution in [0.15, 0.2) is 24.3 Å². The summed E-state index contributed by atoms with van der Waals surface area (Å²) in [5.74, 6) is -0.201. The molecule has 0 saturated carbocycles. The first kappa shape index (κ1) is 11.1. The second kappa shape index (κ2) is 5.08. The van der Waals surface area contributed by atoms with Crippen LogP contribution in [0.25, 0.3) is 0 Å². The van der Waals surface area contributed by atoms with Crippen molar-refractivity contribution in [3.05, 3.63) is 35.6 Å². The fraction of sp³-hybridized carbons (Fsp3) is 0.455. The van der Waals surface area contributed by atoms with Crippen molar-refractivity contribution in [2.24, 2.45) is 5.73 Å². The Morgan fingerprint density at radius 3 is 2.71 bits per heavy atom. The minimum absolute atomic E-state index is 0.107. The summed E-state index contributed by atoms with van der Waals surface area (Å²) in [6, 6.07) is 6.86. The monoisotopic (exact) mass is 196 g/mol. The van der Waals surface area contributed by atoms with E-state index >= 15 is 0 Å². The van der Waals surface area contributed by atoms with Gasteiger partial charge in [-0.25, -0.2) is 4.39 Å². The van der Waals surface area contributed by atoms with Crippen molar-refractivity contribution in [2.45, 2.75) is 25.4 Å². The lowest BCUT2D eigenvalue weighted by Gasteiger charge is -2.18. The molecule has 0 aliphatic heterocycles. The van der Waals surface area contributed by atoms with Gasteiger partial charge in [-0.2, -0.15) is 0 Å². The maximum atomic E-state index is 12.9. The van der Waals surface area contributed by atoms with Gasteiger partial charge in [0.1, 0.15) is 5.82 Å². The summed E-state index contributed by atoms with van der Waals surface area (Å²) in [6.07, 6.45) is 0.806. The molecule has 0 spiro atoms. The van der Waals surface area contributed by atoms with E-state index in [2.05, 4.69) is 5.32 Å². The molecule has 0 saturated heterocycles. The van der Waals surface area contributed by atoms with E-state index in [1.807, 2.05) is 20.0 Å². The summed E-state index contributed by atoms with van der Waals surface area (Å²) in [7, 11) is 1.86. The van der Waals surface area contributed by atoms with Crippen molar-refractivity contribution in [1.82, 2.24) is 5.32 Å². The first-order valence-electron chi connectivity index (χ1n) is 4.81. The number of halogens is 1. The van der Waals surface area contributed by atoms with Crippen LogP contribution in [0.3, 0.4) is 0 Å². The fourth-order valence-electron chi connectivity index (χ4n) is 1.52. The van der Waals surface area contributed by atoms with E-state index in [4.69, 9.17) is 5.73 Å². The second-order valence-corrected chi connectivity index (χ2v) is 3.61. The standard InChI is InChI=1S/C11H17FN2/c1-8(13)6-11(14-2)9-4-3-5-10(12)7-9/h3-5,7-8,11,14H,6,13H2,1-2H3. The molecule has 3 heteroatoms. The molecule has 2 atom stereocenters. The van der Waals surface area contributed by atoms with Crippen LogP contribution < -0.4 is 11.1 Å². The van der Waals surface area contributed by atoms with E-state index in [-0.39, 0.29) is 17.9 Å². The largest absolute Gasteiger partial charge is 0.328 e. The molecule has 1 aromatic carbocycles. The fourth-order valence-corrected chi connectivity index (χ4v) is 1.52. The molecule has 2 nitrogen and oxygen atoms in total. The van der Waals surface area contributed by atoms with Gasteiger partial charge in [0, 0.05) is 12.1 Å². The molecule has 0 aliphatic rings. The van der Waals surface area contributed by atoms with E-state index in [1.54, 1.807) is 12.1 Å².